The highest BCUT2D eigenvalue weighted by molar-refractivity contribution is 5.69. The molecule has 1 heterocycles. The van der Waals surface area contributed by atoms with Crippen LogP contribution in [0.1, 0.15) is 226 Å². The Morgan fingerprint density at radius 3 is 1.37 bits per heavy atom. The SMILES string of the molecule is CCCCCCC/C=C\CCCCCCCC(=O)OC(COCCCCCCCCCCCC/C=C\CCCCCCCCCC)COC1OC(CO)C(O)C(O)C1O. The van der Waals surface area contributed by atoms with Gasteiger partial charge in [-0.1, -0.05) is 179 Å². The summed E-state index contributed by atoms with van der Waals surface area (Å²) in [4.78, 5) is 12.8. The van der Waals surface area contributed by atoms with E-state index >= 15 is 0 Å². The first-order valence-corrected chi connectivity index (χ1v) is 24.9. The van der Waals surface area contributed by atoms with E-state index in [0.29, 0.717) is 13.0 Å². The Labute approximate surface area is 362 Å². The van der Waals surface area contributed by atoms with Crippen molar-refractivity contribution in [3.05, 3.63) is 24.3 Å². The highest BCUT2D eigenvalue weighted by Gasteiger charge is 2.44. The third kappa shape index (κ3) is 33.0. The molecule has 0 bridgehead atoms. The molecule has 1 aliphatic rings. The molecular formula is C50H94O9. The fraction of sp³-hybridized carbons (Fsp3) is 0.900. The number of hydrogen-bond donors (Lipinski definition) is 4. The van der Waals surface area contributed by atoms with Gasteiger partial charge in [-0.05, 0) is 64.2 Å². The first kappa shape index (κ1) is 55.7. The molecule has 1 aliphatic heterocycles. The molecule has 1 fully saturated rings. The van der Waals surface area contributed by atoms with Gasteiger partial charge in [0.25, 0.3) is 0 Å². The van der Waals surface area contributed by atoms with Crippen molar-refractivity contribution in [2.75, 3.05) is 26.4 Å². The number of esters is 1. The third-order valence-corrected chi connectivity index (χ3v) is 11.6. The smallest absolute Gasteiger partial charge is 0.306 e. The second-order valence-corrected chi connectivity index (χ2v) is 17.3. The number of carbonyl (C=O) groups excluding carboxylic acids is 1. The van der Waals surface area contributed by atoms with E-state index in [9.17, 15) is 25.2 Å². The summed E-state index contributed by atoms with van der Waals surface area (Å²) in [6.07, 6.45) is 42.1. The summed E-state index contributed by atoms with van der Waals surface area (Å²) in [5, 5.41) is 40.2. The average Bonchev–Trinajstić information content (AvgIpc) is 3.24. The second kappa shape index (κ2) is 42.0. The Hall–Kier alpha value is -1.33. The predicted molar refractivity (Wildman–Crippen MR) is 242 cm³/mol. The molecule has 0 spiro atoms. The first-order chi connectivity index (χ1) is 28.9. The molecule has 9 heteroatoms. The fourth-order valence-corrected chi connectivity index (χ4v) is 7.66. The van der Waals surface area contributed by atoms with Crippen LogP contribution in [0.5, 0.6) is 0 Å². The largest absolute Gasteiger partial charge is 0.457 e. The quantitative estimate of drug-likeness (QED) is 0.0269. The van der Waals surface area contributed by atoms with Crippen LogP contribution in [-0.2, 0) is 23.7 Å². The molecule has 0 amide bonds. The monoisotopic (exact) mass is 839 g/mol. The van der Waals surface area contributed by atoms with Crippen molar-refractivity contribution in [2.45, 2.75) is 263 Å². The molecular weight excluding hydrogens is 745 g/mol. The molecule has 348 valence electrons. The fourth-order valence-electron chi connectivity index (χ4n) is 7.66. The number of unbranched alkanes of at least 4 members (excludes halogenated alkanes) is 28. The molecule has 6 atom stereocenters. The van der Waals surface area contributed by atoms with E-state index in [2.05, 4.69) is 38.2 Å². The van der Waals surface area contributed by atoms with Crippen LogP contribution in [0.25, 0.3) is 0 Å². The molecule has 59 heavy (non-hydrogen) atoms. The minimum Gasteiger partial charge on any atom is -0.457 e. The van der Waals surface area contributed by atoms with Gasteiger partial charge < -0.3 is 39.4 Å². The topological polar surface area (TPSA) is 135 Å². The van der Waals surface area contributed by atoms with Gasteiger partial charge in [-0.25, -0.2) is 0 Å². The first-order valence-electron chi connectivity index (χ1n) is 24.9. The van der Waals surface area contributed by atoms with Crippen LogP contribution in [0.15, 0.2) is 24.3 Å². The lowest BCUT2D eigenvalue weighted by Crippen LogP contribution is -2.59. The summed E-state index contributed by atoms with van der Waals surface area (Å²) in [5.41, 5.74) is 0. The van der Waals surface area contributed by atoms with Gasteiger partial charge in [0.05, 0.1) is 19.8 Å². The lowest BCUT2D eigenvalue weighted by molar-refractivity contribution is -0.305. The lowest BCUT2D eigenvalue weighted by Gasteiger charge is -2.39. The van der Waals surface area contributed by atoms with Gasteiger partial charge >= 0.3 is 5.97 Å². The summed E-state index contributed by atoms with van der Waals surface area (Å²) in [6, 6.07) is 0. The van der Waals surface area contributed by atoms with Crippen molar-refractivity contribution in [3.8, 4) is 0 Å². The summed E-state index contributed by atoms with van der Waals surface area (Å²) in [7, 11) is 0. The van der Waals surface area contributed by atoms with Crippen molar-refractivity contribution in [3.63, 3.8) is 0 Å². The van der Waals surface area contributed by atoms with Crippen LogP contribution in [-0.4, -0.2) is 89.6 Å². The zero-order valence-corrected chi connectivity index (χ0v) is 38.3. The van der Waals surface area contributed by atoms with Gasteiger partial charge in [0, 0.05) is 13.0 Å². The Morgan fingerprint density at radius 2 is 0.932 bits per heavy atom. The molecule has 0 saturated carbocycles. The predicted octanol–water partition coefficient (Wildman–Crippen LogP) is 11.8. The molecule has 6 unspecified atom stereocenters. The van der Waals surface area contributed by atoms with Gasteiger partial charge in [0.1, 0.15) is 30.5 Å². The Balaban J connectivity index is 2.19. The molecule has 1 saturated heterocycles. The molecule has 0 aromatic heterocycles. The van der Waals surface area contributed by atoms with Crippen molar-refractivity contribution >= 4 is 5.97 Å². The Kier molecular flexibility index (Phi) is 39.6. The number of hydrogen-bond acceptors (Lipinski definition) is 9. The van der Waals surface area contributed by atoms with Gasteiger partial charge in [-0.15, -0.1) is 0 Å². The molecule has 1 rings (SSSR count). The summed E-state index contributed by atoms with van der Waals surface area (Å²) in [6.45, 7) is 4.56. The Morgan fingerprint density at radius 1 is 0.525 bits per heavy atom. The molecule has 4 N–H and O–H groups in total. The van der Waals surface area contributed by atoms with Crippen LogP contribution >= 0.6 is 0 Å². The second-order valence-electron chi connectivity index (χ2n) is 17.3. The molecule has 0 aliphatic carbocycles. The number of aliphatic hydroxyl groups is 4. The number of rotatable bonds is 43. The minimum absolute atomic E-state index is 0.114. The summed E-state index contributed by atoms with van der Waals surface area (Å²) in [5.74, 6) is -0.320. The van der Waals surface area contributed by atoms with Crippen LogP contribution in [0, 0.1) is 0 Å². The van der Waals surface area contributed by atoms with E-state index in [1.54, 1.807) is 0 Å². The third-order valence-electron chi connectivity index (χ3n) is 11.6. The number of aliphatic hydroxyl groups excluding tert-OH is 4. The molecule has 0 aromatic carbocycles. The van der Waals surface area contributed by atoms with E-state index in [1.165, 1.54) is 161 Å². The Bertz CT molecular complexity index is 957. The van der Waals surface area contributed by atoms with Crippen LogP contribution in [0.2, 0.25) is 0 Å². The minimum atomic E-state index is -1.54. The number of carbonyl (C=O) groups is 1. The van der Waals surface area contributed by atoms with E-state index in [4.69, 9.17) is 18.9 Å². The standard InChI is InChI=1S/C50H94O9/c1-3-5-7-9-11-13-15-17-19-20-21-22-23-24-25-26-28-30-32-34-36-38-40-56-42-44(43-57-50-49(55)48(54)47(53)45(41-51)59-50)58-46(52)39-37-35-33-31-29-27-18-16-14-12-10-8-6-4-2/h16,18,20-21,44-45,47-51,53-55H,3-15,17,19,22-43H2,1-2H3/b18-16-,21-20-. The van der Waals surface area contributed by atoms with Gasteiger partial charge in [0.2, 0.25) is 0 Å². The van der Waals surface area contributed by atoms with Gasteiger partial charge in [-0.3, -0.25) is 4.79 Å². The van der Waals surface area contributed by atoms with Crippen LogP contribution in [0.4, 0.5) is 0 Å². The summed E-state index contributed by atoms with van der Waals surface area (Å²) >= 11 is 0. The van der Waals surface area contributed by atoms with E-state index < -0.39 is 43.4 Å². The summed E-state index contributed by atoms with van der Waals surface area (Å²) < 4.78 is 22.9. The zero-order valence-electron chi connectivity index (χ0n) is 38.3. The molecule has 0 aromatic rings. The van der Waals surface area contributed by atoms with E-state index in [1.807, 2.05) is 0 Å². The van der Waals surface area contributed by atoms with E-state index in [-0.39, 0.29) is 19.2 Å². The van der Waals surface area contributed by atoms with Crippen molar-refractivity contribution in [1.82, 2.24) is 0 Å². The van der Waals surface area contributed by atoms with Gasteiger partial charge in [-0.2, -0.15) is 0 Å². The van der Waals surface area contributed by atoms with Crippen LogP contribution in [0.3, 0.4) is 0 Å². The molecule has 9 nitrogen and oxygen atoms in total. The maximum Gasteiger partial charge on any atom is 0.306 e. The van der Waals surface area contributed by atoms with Crippen LogP contribution < -0.4 is 0 Å². The number of allylic oxidation sites excluding steroid dienone is 4. The molecule has 0 radical (unpaired) electrons. The van der Waals surface area contributed by atoms with E-state index in [0.717, 1.165) is 44.9 Å². The van der Waals surface area contributed by atoms with Crippen molar-refractivity contribution in [2.24, 2.45) is 0 Å². The highest BCUT2D eigenvalue weighted by atomic mass is 16.7. The maximum atomic E-state index is 12.8. The zero-order chi connectivity index (χ0) is 42.9. The van der Waals surface area contributed by atoms with Gasteiger partial charge in [0.15, 0.2) is 6.29 Å². The lowest BCUT2D eigenvalue weighted by atomic mass is 9.99. The number of ether oxygens (including phenoxy) is 4. The van der Waals surface area contributed by atoms with Crippen molar-refractivity contribution < 1.29 is 44.2 Å². The maximum absolute atomic E-state index is 12.8. The average molecular weight is 839 g/mol. The highest BCUT2D eigenvalue weighted by Crippen LogP contribution is 2.23. The van der Waals surface area contributed by atoms with Crippen molar-refractivity contribution in [1.29, 1.82) is 0 Å². The normalized spacial score (nSPS) is 20.3.